The first-order chi connectivity index (χ1) is 7.40. The number of nitrogens with zero attached hydrogens (tertiary/aromatic N) is 3. The summed E-state index contributed by atoms with van der Waals surface area (Å²) in [7, 11) is 0. The lowest BCUT2D eigenvalue weighted by atomic mass is 10.2. The van der Waals surface area contributed by atoms with Gasteiger partial charge in [-0.3, -0.25) is 0 Å². The van der Waals surface area contributed by atoms with Crippen LogP contribution in [0.15, 0.2) is 0 Å². The Kier molecular flexibility index (Phi) is 2.52. The minimum atomic E-state index is 0.186. The highest BCUT2D eigenvalue weighted by Crippen LogP contribution is 2.40. The van der Waals surface area contributed by atoms with E-state index in [9.17, 15) is 0 Å². The van der Waals surface area contributed by atoms with Gasteiger partial charge in [-0.05, 0) is 25.7 Å². The van der Waals surface area contributed by atoms with E-state index in [0.717, 1.165) is 36.4 Å². The molecular formula is C10H14BrN3O. The van der Waals surface area contributed by atoms with Crippen molar-refractivity contribution in [2.24, 2.45) is 0 Å². The quantitative estimate of drug-likeness (QED) is 0.793. The average molecular weight is 272 g/mol. The van der Waals surface area contributed by atoms with Gasteiger partial charge in [0.05, 0.1) is 5.33 Å². The number of hydrogen-bond acceptors (Lipinski definition) is 3. The van der Waals surface area contributed by atoms with Crippen LogP contribution in [0.2, 0.25) is 0 Å². The zero-order valence-electron chi connectivity index (χ0n) is 8.53. The van der Waals surface area contributed by atoms with E-state index >= 15 is 0 Å². The Morgan fingerprint density at radius 2 is 2.20 bits per heavy atom. The van der Waals surface area contributed by atoms with Crippen molar-refractivity contribution in [3.8, 4) is 0 Å². The van der Waals surface area contributed by atoms with E-state index in [1.807, 2.05) is 0 Å². The molecule has 0 aromatic carbocycles. The number of aromatic nitrogens is 3. The summed E-state index contributed by atoms with van der Waals surface area (Å²) in [6.45, 7) is 0.867. The molecule has 3 rings (SSSR count). The first kappa shape index (κ1) is 9.78. The Bertz CT molecular complexity index is 356. The van der Waals surface area contributed by atoms with Gasteiger partial charge in [0.15, 0.2) is 5.82 Å². The van der Waals surface area contributed by atoms with E-state index in [1.54, 1.807) is 0 Å². The highest BCUT2D eigenvalue weighted by molar-refractivity contribution is 9.08. The van der Waals surface area contributed by atoms with Crippen LogP contribution in [0.5, 0.6) is 0 Å². The Morgan fingerprint density at radius 1 is 1.33 bits per heavy atom. The lowest BCUT2D eigenvalue weighted by molar-refractivity contribution is 0.101. The van der Waals surface area contributed by atoms with E-state index in [-0.39, 0.29) is 6.10 Å². The number of alkyl halides is 1. The fourth-order valence-corrected chi connectivity index (χ4v) is 2.54. The van der Waals surface area contributed by atoms with E-state index in [2.05, 4.69) is 30.7 Å². The highest BCUT2D eigenvalue weighted by Gasteiger charge is 2.33. The molecule has 0 N–H and O–H groups in total. The fraction of sp³-hybridized carbons (Fsp3) is 0.800. The third-order valence-corrected chi connectivity index (χ3v) is 3.54. The van der Waals surface area contributed by atoms with Crippen LogP contribution in [0, 0.1) is 0 Å². The fourth-order valence-electron chi connectivity index (χ4n) is 2.16. The zero-order chi connectivity index (χ0) is 10.3. The lowest BCUT2D eigenvalue weighted by Gasteiger charge is -2.12. The molecule has 5 heteroatoms. The molecule has 82 valence electrons. The summed E-state index contributed by atoms with van der Waals surface area (Å²) in [5.41, 5.74) is 0. The van der Waals surface area contributed by atoms with Crippen molar-refractivity contribution >= 4 is 15.9 Å². The van der Waals surface area contributed by atoms with Gasteiger partial charge in [-0.2, -0.15) is 0 Å². The van der Waals surface area contributed by atoms with Crippen LogP contribution in [0.4, 0.5) is 0 Å². The molecule has 1 aromatic rings. The molecule has 1 aliphatic heterocycles. The highest BCUT2D eigenvalue weighted by atomic mass is 79.9. The molecule has 1 aromatic heterocycles. The summed E-state index contributed by atoms with van der Waals surface area (Å²) in [5, 5.41) is 9.30. The van der Waals surface area contributed by atoms with Gasteiger partial charge < -0.3 is 9.30 Å². The van der Waals surface area contributed by atoms with Crippen molar-refractivity contribution in [2.45, 2.75) is 43.2 Å². The Hall–Kier alpha value is -0.420. The molecule has 0 bridgehead atoms. The lowest BCUT2D eigenvalue weighted by Crippen LogP contribution is -2.09. The standard InChI is InChI=1S/C10H14BrN3O/c11-6-9-12-13-10(8-2-1-5-15-8)14(9)7-3-4-7/h7-8H,1-6H2. The van der Waals surface area contributed by atoms with Gasteiger partial charge >= 0.3 is 0 Å². The molecule has 0 spiro atoms. The molecule has 1 saturated heterocycles. The summed E-state index contributed by atoms with van der Waals surface area (Å²) in [5.74, 6) is 2.09. The number of halogens is 1. The molecule has 0 amide bonds. The van der Waals surface area contributed by atoms with Gasteiger partial charge in [-0.1, -0.05) is 15.9 Å². The van der Waals surface area contributed by atoms with Crippen molar-refractivity contribution in [3.63, 3.8) is 0 Å². The topological polar surface area (TPSA) is 39.9 Å². The summed E-state index contributed by atoms with van der Waals surface area (Å²) in [6.07, 6.45) is 4.94. The maximum Gasteiger partial charge on any atom is 0.162 e. The van der Waals surface area contributed by atoms with Crippen LogP contribution in [-0.4, -0.2) is 21.4 Å². The molecule has 2 aliphatic rings. The van der Waals surface area contributed by atoms with Crippen LogP contribution < -0.4 is 0 Å². The van der Waals surface area contributed by atoms with Crippen molar-refractivity contribution in [2.75, 3.05) is 6.61 Å². The third-order valence-electron chi connectivity index (χ3n) is 3.04. The van der Waals surface area contributed by atoms with Gasteiger partial charge in [0, 0.05) is 12.6 Å². The third kappa shape index (κ3) is 1.72. The van der Waals surface area contributed by atoms with Gasteiger partial charge in [-0.15, -0.1) is 10.2 Å². The zero-order valence-corrected chi connectivity index (χ0v) is 10.1. The molecule has 1 unspecified atom stereocenters. The summed E-state index contributed by atoms with van der Waals surface area (Å²) in [6, 6.07) is 0.631. The van der Waals surface area contributed by atoms with Crippen molar-refractivity contribution in [1.29, 1.82) is 0 Å². The number of rotatable bonds is 3. The second-order valence-corrected chi connectivity index (χ2v) is 4.77. The molecule has 2 heterocycles. The van der Waals surface area contributed by atoms with Crippen LogP contribution >= 0.6 is 15.9 Å². The average Bonchev–Trinajstić information content (AvgIpc) is 2.83. The smallest absolute Gasteiger partial charge is 0.162 e. The maximum absolute atomic E-state index is 5.68. The summed E-state index contributed by atoms with van der Waals surface area (Å²) >= 11 is 3.46. The Balaban J connectivity index is 1.94. The predicted molar refractivity (Wildman–Crippen MR) is 58.9 cm³/mol. The molecule has 1 aliphatic carbocycles. The molecule has 4 nitrogen and oxygen atoms in total. The SMILES string of the molecule is BrCc1nnc(C2CCCO2)n1C1CC1. The van der Waals surface area contributed by atoms with E-state index in [1.165, 1.54) is 12.8 Å². The van der Waals surface area contributed by atoms with Crippen LogP contribution in [0.1, 0.15) is 49.5 Å². The first-order valence-electron chi connectivity index (χ1n) is 5.51. The molecule has 1 atom stereocenters. The van der Waals surface area contributed by atoms with Gasteiger partial charge in [0.1, 0.15) is 11.9 Å². The van der Waals surface area contributed by atoms with Gasteiger partial charge in [0.2, 0.25) is 0 Å². The predicted octanol–water partition coefficient (Wildman–Crippen LogP) is 2.36. The largest absolute Gasteiger partial charge is 0.370 e. The number of hydrogen-bond donors (Lipinski definition) is 0. The monoisotopic (exact) mass is 271 g/mol. The van der Waals surface area contributed by atoms with Crippen LogP contribution in [0.25, 0.3) is 0 Å². The van der Waals surface area contributed by atoms with E-state index < -0.39 is 0 Å². The molecule has 15 heavy (non-hydrogen) atoms. The second-order valence-electron chi connectivity index (χ2n) is 4.21. The Morgan fingerprint density at radius 3 is 2.80 bits per heavy atom. The summed E-state index contributed by atoms with van der Waals surface area (Å²) < 4.78 is 7.96. The van der Waals surface area contributed by atoms with Crippen molar-refractivity contribution in [3.05, 3.63) is 11.6 Å². The molecular weight excluding hydrogens is 258 g/mol. The van der Waals surface area contributed by atoms with Crippen molar-refractivity contribution < 1.29 is 4.74 Å². The molecule has 1 saturated carbocycles. The summed E-state index contributed by atoms with van der Waals surface area (Å²) in [4.78, 5) is 0. The van der Waals surface area contributed by atoms with E-state index in [4.69, 9.17) is 4.74 Å². The van der Waals surface area contributed by atoms with Crippen LogP contribution in [0.3, 0.4) is 0 Å². The van der Waals surface area contributed by atoms with Crippen LogP contribution in [-0.2, 0) is 10.1 Å². The number of ether oxygens (including phenoxy) is 1. The van der Waals surface area contributed by atoms with E-state index in [0.29, 0.717) is 6.04 Å². The van der Waals surface area contributed by atoms with Gasteiger partial charge in [0.25, 0.3) is 0 Å². The Labute approximate surface area is 97.1 Å². The first-order valence-corrected chi connectivity index (χ1v) is 6.63. The normalized spacial score (nSPS) is 26.1. The minimum Gasteiger partial charge on any atom is -0.370 e. The van der Waals surface area contributed by atoms with Gasteiger partial charge in [-0.25, -0.2) is 0 Å². The molecule has 2 fully saturated rings. The maximum atomic E-state index is 5.68. The second kappa shape index (κ2) is 3.87. The molecule has 0 radical (unpaired) electrons. The van der Waals surface area contributed by atoms with Crippen molar-refractivity contribution in [1.82, 2.24) is 14.8 Å². The minimum absolute atomic E-state index is 0.186.